The number of aliphatic imine (C=N–C) groups is 2. The van der Waals surface area contributed by atoms with Crippen molar-refractivity contribution in [2.75, 3.05) is 0 Å². The molecule has 5 rings (SSSR count). The van der Waals surface area contributed by atoms with E-state index in [0.29, 0.717) is 35.0 Å². The van der Waals surface area contributed by atoms with Gasteiger partial charge in [-0.2, -0.15) is 0 Å². The number of hydrogen-bond acceptors (Lipinski definition) is 6. The molecule has 3 heterocycles. The van der Waals surface area contributed by atoms with Gasteiger partial charge < -0.3 is 9.15 Å². The molecule has 0 N–H and O–H groups in total. The maximum atomic E-state index is 13.3. The lowest BCUT2D eigenvalue weighted by atomic mass is 10.0. The standard InChI is InChI=1S/C29H25N3O4/c1-29(2,3)36-28(34)21-13-11-20(12-14-21)25-18-32-26(23(30-25)16-19-8-5-4-6-9-19)31-24(27(32)33)17-22-10-7-15-35-22/h4-15,17-18H,16H2,1-3H3/b24-17-. The van der Waals surface area contributed by atoms with Crippen molar-refractivity contribution in [2.24, 2.45) is 9.98 Å². The molecule has 0 radical (unpaired) electrons. The Morgan fingerprint density at radius 1 is 1.00 bits per heavy atom. The molecule has 0 saturated heterocycles. The van der Waals surface area contributed by atoms with Crippen molar-refractivity contribution in [3.63, 3.8) is 0 Å². The van der Waals surface area contributed by atoms with E-state index in [4.69, 9.17) is 14.1 Å². The summed E-state index contributed by atoms with van der Waals surface area (Å²) in [7, 11) is 0. The van der Waals surface area contributed by atoms with Gasteiger partial charge >= 0.3 is 5.97 Å². The summed E-state index contributed by atoms with van der Waals surface area (Å²) >= 11 is 0. The molecule has 3 aromatic rings. The van der Waals surface area contributed by atoms with Gasteiger partial charge in [-0.15, -0.1) is 0 Å². The smallest absolute Gasteiger partial charge is 0.338 e. The van der Waals surface area contributed by atoms with Gasteiger partial charge in [-0.1, -0.05) is 42.5 Å². The highest BCUT2D eigenvalue weighted by atomic mass is 16.6. The first-order valence-electron chi connectivity index (χ1n) is 11.6. The first-order valence-corrected chi connectivity index (χ1v) is 11.6. The molecule has 7 heteroatoms. The second-order valence-electron chi connectivity index (χ2n) is 9.47. The molecule has 2 aliphatic heterocycles. The molecule has 1 amide bonds. The monoisotopic (exact) mass is 479 g/mol. The van der Waals surface area contributed by atoms with Crippen LogP contribution >= 0.6 is 0 Å². The average Bonchev–Trinajstić information content (AvgIpc) is 3.47. The van der Waals surface area contributed by atoms with Gasteiger partial charge in [-0.05, 0) is 50.6 Å². The Balaban J connectivity index is 1.49. The normalized spacial score (nSPS) is 16.4. The van der Waals surface area contributed by atoms with Crippen molar-refractivity contribution in [2.45, 2.75) is 32.8 Å². The summed E-state index contributed by atoms with van der Waals surface area (Å²) in [6.07, 6.45) is 5.36. The summed E-state index contributed by atoms with van der Waals surface area (Å²) in [4.78, 5) is 36.7. The highest BCUT2D eigenvalue weighted by Gasteiger charge is 2.35. The SMILES string of the molecule is CC(C)(C)OC(=O)c1ccc(C2=CN3C(=O)/C(=C/c4ccco4)N=C3C(Cc3ccccc3)=N2)cc1. The molecule has 2 aromatic carbocycles. The van der Waals surface area contributed by atoms with Crippen LogP contribution in [0.3, 0.4) is 0 Å². The number of amidine groups is 1. The van der Waals surface area contributed by atoms with E-state index in [2.05, 4.69) is 4.99 Å². The second-order valence-corrected chi connectivity index (χ2v) is 9.47. The van der Waals surface area contributed by atoms with Crippen LogP contribution in [0.15, 0.2) is 99.3 Å². The van der Waals surface area contributed by atoms with E-state index in [1.807, 2.05) is 51.1 Å². The van der Waals surface area contributed by atoms with Gasteiger partial charge in [0.25, 0.3) is 5.91 Å². The Labute approximate surface area is 209 Å². The maximum Gasteiger partial charge on any atom is 0.338 e. The van der Waals surface area contributed by atoms with Gasteiger partial charge in [0.1, 0.15) is 17.1 Å². The van der Waals surface area contributed by atoms with E-state index in [9.17, 15) is 9.59 Å². The molecule has 0 unspecified atom stereocenters. The lowest BCUT2D eigenvalue weighted by Crippen LogP contribution is -2.36. The van der Waals surface area contributed by atoms with Gasteiger partial charge in [-0.25, -0.2) is 14.8 Å². The average molecular weight is 480 g/mol. The van der Waals surface area contributed by atoms with Gasteiger partial charge in [0.2, 0.25) is 0 Å². The van der Waals surface area contributed by atoms with Crippen LogP contribution in [0.1, 0.15) is 48.0 Å². The van der Waals surface area contributed by atoms with Crippen LogP contribution in [0, 0.1) is 0 Å². The Kier molecular flexibility index (Phi) is 5.98. The molecular formula is C29H25N3O4. The highest BCUT2D eigenvalue weighted by molar-refractivity contribution is 6.48. The zero-order valence-corrected chi connectivity index (χ0v) is 20.3. The maximum absolute atomic E-state index is 13.3. The van der Waals surface area contributed by atoms with Gasteiger partial charge in [-0.3, -0.25) is 9.69 Å². The molecule has 2 aliphatic rings. The third kappa shape index (κ3) is 4.95. The van der Waals surface area contributed by atoms with E-state index < -0.39 is 11.6 Å². The number of furan rings is 1. The lowest BCUT2D eigenvalue weighted by molar-refractivity contribution is -0.120. The summed E-state index contributed by atoms with van der Waals surface area (Å²) in [5.74, 6) is 0.392. The van der Waals surface area contributed by atoms with Crippen LogP contribution in [0.5, 0.6) is 0 Å². The van der Waals surface area contributed by atoms with Crippen molar-refractivity contribution in [3.05, 3.63) is 107 Å². The number of amides is 1. The molecule has 36 heavy (non-hydrogen) atoms. The summed E-state index contributed by atoms with van der Waals surface area (Å²) < 4.78 is 10.8. The second kappa shape index (κ2) is 9.26. The number of hydrogen-bond donors (Lipinski definition) is 0. The Hall–Kier alpha value is -4.52. The minimum Gasteiger partial charge on any atom is -0.465 e. The van der Waals surface area contributed by atoms with Crippen molar-refractivity contribution < 1.29 is 18.7 Å². The Morgan fingerprint density at radius 2 is 1.75 bits per heavy atom. The van der Waals surface area contributed by atoms with E-state index in [0.717, 1.165) is 11.1 Å². The van der Waals surface area contributed by atoms with Crippen LogP contribution in [0.4, 0.5) is 0 Å². The molecule has 0 spiro atoms. The summed E-state index contributed by atoms with van der Waals surface area (Å²) in [6, 6.07) is 20.4. The van der Waals surface area contributed by atoms with Crippen molar-refractivity contribution in [1.82, 2.24) is 4.90 Å². The topological polar surface area (TPSA) is 84.5 Å². The minimum absolute atomic E-state index is 0.260. The summed E-state index contributed by atoms with van der Waals surface area (Å²) in [5, 5.41) is 0. The molecule has 1 aromatic heterocycles. The fourth-order valence-corrected chi connectivity index (χ4v) is 3.87. The first-order chi connectivity index (χ1) is 17.3. The number of fused-ring (bicyclic) bond motifs is 1. The van der Waals surface area contributed by atoms with Crippen molar-refractivity contribution in [1.29, 1.82) is 0 Å². The predicted molar refractivity (Wildman–Crippen MR) is 138 cm³/mol. The van der Waals surface area contributed by atoms with Crippen LogP contribution in [0.2, 0.25) is 0 Å². The zero-order chi connectivity index (χ0) is 25.3. The van der Waals surface area contributed by atoms with Crippen molar-refractivity contribution in [3.8, 4) is 0 Å². The van der Waals surface area contributed by atoms with Crippen LogP contribution in [-0.2, 0) is 16.0 Å². The molecule has 0 atom stereocenters. The molecule has 0 bridgehead atoms. The fourth-order valence-electron chi connectivity index (χ4n) is 3.87. The first kappa shape index (κ1) is 23.2. The summed E-state index contributed by atoms with van der Waals surface area (Å²) in [5.41, 5.74) is 3.24. The van der Waals surface area contributed by atoms with E-state index >= 15 is 0 Å². The fraction of sp³-hybridized carbons (Fsp3) is 0.172. The van der Waals surface area contributed by atoms with Crippen LogP contribution in [-0.4, -0.2) is 33.9 Å². The third-order valence-corrected chi connectivity index (χ3v) is 5.51. The third-order valence-electron chi connectivity index (χ3n) is 5.51. The van der Waals surface area contributed by atoms with E-state index in [-0.39, 0.29) is 11.6 Å². The van der Waals surface area contributed by atoms with Crippen LogP contribution in [0.25, 0.3) is 11.8 Å². The van der Waals surface area contributed by atoms with Gasteiger partial charge in [0.05, 0.1) is 23.2 Å². The minimum atomic E-state index is -0.578. The number of esters is 1. The highest BCUT2D eigenvalue weighted by Crippen LogP contribution is 2.29. The molecule has 0 aliphatic carbocycles. The predicted octanol–water partition coefficient (Wildman–Crippen LogP) is 5.51. The number of nitrogens with zero attached hydrogens (tertiary/aromatic N) is 3. The largest absolute Gasteiger partial charge is 0.465 e. The van der Waals surface area contributed by atoms with E-state index in [1.54, 1.807) is 54.9 Å². The van der Waals surface area contributed by atoms with Gasteiger partial charge in [0.15, 0.2) is 5.84 Å². The zero-order valence-electron chi connectivity index (χ0n) is 20.3. The molecule has 7 nitrogen and oxygen atoms in total. The molecule has 0 saturated carbocycles. The number of benzene rings is 2. The number of ether oxygens (including phenoxy) is 1. The van der Waals surface area contributed by atoms with Crippen LogP contribution < -0.4 is 0 Å². The van der Waals surface area contributed by atoms with E-state index in [1.165, 1.54) is 4.90 Å². The number of rotatable bonds is 5. The molecule has 0 fully saturated rings. The molecular weight excluding hydrogens is 454 g/mol. The Bertz CT molecular complexity index is 1420. The Morgan fingerprint density at radius 3 is 2.42 bits per heavy atom. The lowest BCUT2D eigenvalue weighted by Gasteiger charge is -2.22. The number of carbonyl (C=O) groups excluding carboxylic acids is 2. The summed E-state index contributed by atoms with van der Waals surface area (Å²) in [6.45, 7) is 5.49. The number of carbonyl (C=O) groups is 2. The van der Waals surface area contributed by atoms with Crippen molar-refractivity contribution >= 4 is 35.2 Å². The van der Waals surface area contributed by atoms with Gasteiger partial charge in [0, 0.05) is 24.3 Å². The quantitative estimate of drug-likeness (QED) is 0.357. The molecule has 180 valence electrons.